The van der Waals surface area contributed by atoms with Crippen LogP contribution in [0, 0.1) is 5.39 Å². The molecule has 1 unspecified atom stereocenters. The van der Waals surface area contributed by atoms with E-state index in [2.05, 4.69) is 14.2 Å². The lowest BCUT2D eigenvalue weighted by atomic mass is 10.3. The molecular formula is C6H7N2O4PS. The van der Waals surface area contributed by atoms with Crippen LogP contribution in [-0.4, -0.2) is 17.5 Å². The van der Waals surface area contributed by atoms with Gasteiger partial charge >= 0.3 is 5.69 Å². The Hall–Kier alpha value is -1.06. The maximum absolute atomic E-state index is 8.63. The Labute approximate surface area is 83.4 Å². The fourth-order valence-electron chi connectivity index (χ4n) is 0.587. The van der Waals surface area contributed by atoms with E-state index >= 15 is 0 Å². The van der Waals surface area contributed by atoms with Crippen LogP contribution in [0.3, 0.4) is 0 Å². The van der Waals surface area contributed by atoms with Gasteiger partial charge in [0.25, 0.3) is 0 Å². The van der Waals surface area contributed by atoms with Gasteiger partial charge in [0.15, 0.2) is 4.98 Å². The van der Waals surface area contributed by atoms with Gasteiger partial charge in [0.1, 0.15) is 0 Å². The van der Waals surface area contributed by atoms with Crippen LogP contribution in [0.25, 0.3) is 4.98 Å². The molecule has 0 aliphatic carbocycles. The highest BCUT2D eigenvalue weighted by atomic mass is 32.3. The highest BCUT2D eigenvalue weighted by molar-refractivity contribution is 7.79. The molecule has 6 nitrogen and oxygen atoms in total. The predicted octanol–water partition coefficient (Wildman–Crippen LogP) is 0.676. The zero-order valence-electron chi connectivity index (χ0n) is 6.86. The Morgan fingerprint density at radius 2 is 2.00 bits per heavy atom. The molecule has 0 heterocycles. The smallest absolute Gasteiger partial charge is 0.385 e. The van der Waals surface area contributed by atoms with Crippen molar-refractivity contribution >= 4 is 30.6 Å². The van der Waals surface area contributed by atoms with E-state index in [4.69, 9.17) is 22.9 Å². The topological polar surface area (TPSA) is 106 Å². The number of rotatable bonds is 0. The van der Waals surface area contributed by atoms with Crippen molar-refractivity contribution in [2.75, 3.05) is 0 Å². The number of benzene rings is 1. The van der Waals surface area contributed by atoms with Crippen LogP contribution >= 0.6 is 9.24 Å². The molecule has 0 saturated heterocycles. The number of hydrogen-bond donors (Lipinski definition) is 1. The van der Waals surface area contributed by atoms with Crippen molar-refractivity contribution in [1.82, 2.24) is 0 Å². The molecule has 76 valence electrons. The first-order chi connectivity index (χ1) is 6.33. The second-order valence-electron chi connectivity index (χ2n) is 2.12. The lowest BCUT2D eigenvalue weighted by Gasteiger charge is -1.88. The van der Waals surface area contributed by atoms with Crippen LogP contribution in [0.1, 0.15) is 0 Å². The third kappa shape index (κ3) is 9.03. The summed E-state index contributed by atoms with van der Waals surface area (Å²) in [5.74, 6) is 0. The average molecular weight is 234 g/mol. The summed E-state index contributed by atoms with van der Waals surface area (Å²) in [5, 5.41) is 9.30. The molecule has 14 heavy (non-hydrogen) atoms. The van der Waals surface area contributed by atoms with Gasteiger partial charge in [-0.3, -0.25) is 4.55 Å². The normalized spacial score (nSPS) is 9.57. The van der Waals surface area contributed by atoms with Gasteiger partial charge in [0.2, 0.25) is 15.8 Å². The van der Waals surface area contributed by atoms with E-state index in [0.29, 0.717) is 5.69 Å². The van der Waals surface area contributed by atoms with E-state index in [9.17, 15) is 0 Å². The minimum atomic E-state index is -4.92. The average Bonchev–Trinajstić information content (AvgIpc) is 2.01. The van der Waals surface area contributed by atoms with E-state index in [0.717, 1.165) is 5.30 Å². The summed E-state index contributed by atoms with van der Waals surface area (Å²) in [6.45, 7) is 0. The molecule has 1 aromatic carbocycles. The number of diazo groups is 1. The molecule has 0 radical (unpaired) electrons. The lowest BCUT2D eigenvalue weighted by Crippen LogP contribution is -1.90. The molecule has 0 amide bonds. The molecule has 1 atom stereocenters. The SMILES string of the molecule is N#[N+]c1cccc(P)c1.O=S(=O)([O-])O. The first-order valence-corrected chi connectivity index (χ1v) is 5.16. The molecule has 0 aliphatic heterocycles. The van der Waals surface area contributed by atoms with Crippen molar-refractivity contribution < 1.29 is 17.5 Å². The van der Waals surface area contributed by atoms with Gasteiger partial charge in [0, 0.05) is 12.1 Å². The molecule has 0 spiro atoms. The molecule has 1 N–H and O–H groups in total. The molecule has 0 aliphatic rings. The summed E-state index contributed by atoms with van der Waals surface area (Å²) in [6, 6.07) is 7.25. The minimum absolute atomic E-state index is 0.586. The molecule has 0 fully saturated rings. The molecule has 0 saturated carbocycles. The second-order valence-corrected chi connectivity index (χ2v) is 3.64. The summed E-state index contributed by atoms with van der Waals surface area (Å²) >= 11 is 0. The van der Waals surface area contributed by atoms with Crippen LogP contribution < -0.4 is 5.30 Å². The van der Waals surface area contributed by atoms with Crippen LogP contribution in [0.5, 0.6) is 0 Å². The minimum Gasteiger partial charge on any atom is -0.726 e. The number of nitrogens with zero attached hydrogens (tertiary/aromatic N) is 2. The fraction of sp³-hybridized carbons (Fsp3) is 0. The van der Waals surface area contributed by atoms with Crippen LogP contribution in [0.2, 0.25) is 0 Å². The van der Waals surface area contributed by atoms with Gasteiger partial charge in [-0.1, -0.05) is 12.1 Å². The van der Waals surface area contributed by atoms with Crippen molar-refractivity contribution in [2.24, 2.45) is 0 Å². The zero-order valence-corrected chi connectivity index (χ0v) is 8.83. The Bertz CT molecular complexity index is 431. The molecule has 0 bridgehead atoms. The van der Waals surface area contributed by atoms with Gasteiger partial charge in [-0.05, 0) is 5.30 Å². The van der Waals surface area contributed by atoms with Crippen molar-refractivity contribution in [3.63, 3.8) is 0 Å². The molecule has 0 aromatic heterocycles. The van der Waals surface area contributed by atoms with Crippen molar-refractivity contribution in [1.29, 1.82) is 5.39 Å². The molecular weight excluding hydrogens is 227 g/mol. The first kappa shape index (κ1) is 12.9. The van der Waals surface area contributed by atoms with Crippen LogP contribution in [0.15, 0.2) is 24.3 Å². The maximum Gasteiger partial charge on any atom is 0.385 e. The van der Waals surface area contributed by atoms with E-state index < -0.39 is 10.4 Å². The zero-order chi connectivity index (χ0) is 11.2. The van der Waals surface area contributed by atoms with E-state index in [-0.39, 0.29) is 0 Å². The van der Waals surface area contributed by atoms with Crippen LogP contribution in [-0.2, 0) is 10.4 Å². The summed E-state index contributed by atoms with van der Waals surface area (Å²) in [4.78, 5) is 3.02. The molecule has 8 heteroatoms. The van der Waals surface area contributed by atoms with Gasteiger partial charge < -0.3 is 4.55 Å². The van der Waals surface area contributed by atoms with Gasteiger partial charge in [-0.2, -0.15) is 0 Å². The van der Waals surface area contributed by atoms with E-state index in [1.54, 1.807) is 12.1 Å². The Morgan fingerprint density at radius 1 is 1.50 bits per heavy atom. The second kappa shape index (κ2) is 5.62. The Morgan fingerprint density at radius 3 is 2.29 bits per heavy atom. The standard InChI is InChI=1S/C6H6N2P.H2O4S/c7-8-5-2-1-3-6(9)4-5;1-5(2,3)4/h1-4H,9H2;(H2,1,2,3,4)/q+1;/p-1. The highest BCUT2D eigenvalue weighted by Crippen LogP contribution is 2.08. The quantitative estimate of drug-likeness (QED) is 0.307. The summed E-state index contributed by atoms with van der Waals surface area (Å²) in [6.07, 6.45) is 0. The third-order valence-corrected chi connectivity index (χ3v) is 1.34. The molecule has 1 rings (SSSR count). The predicted molar refractivity (Wildman–Crippen MR) is 52.9 cm³/mol. The summed E-state index contributed by atoms with van der Waals surface area (Å²) in [5.41, 5.74) is 0.586. The first-order valence-electron chi connectivity index (χ1n) is 3.22. The maximum atomic E-state index is 8.63. The van der Waals surface area contributed by atoms with E-state index in [1.165, 1.54) is 0 Å². The summed E-state index contributed by atoms with van der Waals surface area (Å²) in [7, 11) is -2.40. The Balaban J connectivity index is 0.000000292. The van der Waals surface area contributed by atoms with Gasteiger partial charge in [-0.15, -0.1) is 9.24 Å². The highest BCUT2D eigenvalue weighted by Gasteiger charge is 1.99. The van der Waals surface area contributed by atoms with Crippen molar-refractivity contribution in [3.8, 4) is 0 Å². The van der Waals surface area contributed by atoms with Crippen molar-refractivity contribution in [2.45, 2.75) is 0 Å². The van der Waals surface area contributed by atoms with Crippen molar-refractivity contribution in [3.05, 3.63) is 29.2 Å². The van der Waals surface area contributed by atoms with Gasteiger partial charge in [-0.25, -0.2) is 8.42 Å². The lowest BCUT2D eigenvalue weighted by molar-refractivity contribution is 0.366. The summed E-state index contributed by atoms with van der Waals surface area (Å²) < 4.78 is 32.8. The van der Waals surface area contributed by atoms with Gasteiger partial charge in [0.05, 0.1) is 0 Å². The number of hydrogen-bond acceptors (Lipinski definition) is 4. The van der Waals surface area contributed by atoms with Crippen LogP contribution in [0.4, 0.5) is 5.69 Å². The third-order valence-electron chi connectivity index (χ3n) is 0.986. The molecule has 1 aromatic rings. The van der Waals surface area contributed by atoms with E-state index in [1.807, 2.05) is 12.1 Å². The Kier molecular flexibility index (Phi) is 5.20. The fourth-order valence-corrected chi connectivity index (χ4v) is 0.869. The largest absolute Gasteiger partial charge is 0.726 e. The monoisotopic (exact) mass is 234 g/mol.